The van der Waals surface area contributed by atoms with Gasteiger partial charge in [-0.2, -0.15) is 5.26 Å². The van der Waals surface area contributed by atoms with Crippen molar-refractivity contribution in [3.63, 3.8) is 0 Å². The van der Waals surface area contributed by atoms with Gasteiger partial charge in [-0.05, 0) is 17.7 Å². The number of benzene rings is 1. The zero-order valence-corrected chi connectivity index (χ0v) is 7.04. The van der Waals surface area contributed by atoms with E-state index in [2.05, 4.69) is 0 Å². The Morgan fingerprint density at radius 3 is 3.07 bits per heavy atom. The van der Waals surface area contributed by atoms with Crippen molar-refractivity contribution in [2.75, 3.05) is 6.50 Å². The van der Waals surface area contributed by atoms with Crippen LogP contribution in [0.1, 0.15) is 20.0 Å². The fourth-order valence-electron chi connectivity index (χ4n) is 0.953. The Balaban J connectivity index is 3.10. The lowest BCUT2D eigenvalue weighted by Gasteiger charge is -2.05. The van der Waals surface area contributed by atoms with E-state index in [1.54, 1.807) is 6.07 Å². The predicted octanol–water partition coefficient (Wildman–Crippen LogP) is 0.868. The molecule has 1 aromatic rings. The lowest BCUT2D eigenvalue weighted by molar-refractivity contribution is -0.491. The van der Waals surface area contributed by atoms with Crippen LogP contribution in [-0.2, 0) is 0 Å². The first-order chi connectivity index (χ1) is 7.39. The Kier molecular flexibility index (Phi) is 2.32. The third-order valence-electron chi connectivity index (χ3n) is 1.56. The highest BCUT2D eigenvalue weighted by atomic mass is 16.6. The molecule has 0 fully saturated rings. The molecule has 1 N–H and O–H groups in total. The molecule has 0 saturated heterocycles. The van der Waals surface area contributed by atoms with Gasteiger partial charge in [0.2, 0.25) is 6.50 Å². The molecular weight excluding hydrogens is 184 g/mol. The van der Waals surface area contributed by atoms with E-state index in [9.17, 15) is 15.2 Å². The highest BCUT2D eigenvalue weighted by molar-refractivity contribution is 5.33. The molecule has 72 valence electrons. The molecule has 1 unspecified atom stereocenters. The summed E-state index contributed by atoms with van der Waals surface area (Å²) in [5.74, 6) is 0. The molecule has 0 heterocycles. The van der Waals surface area contributed by atoms with Crippen LogP contribution in [-0.4, -0.2) is 16.5 Å². The van der Waals surface area contributed by atoms with Gasteiger partial charge in [-0.3, -0.25) is 10.1 Å². The number of hydrogen-bond donors (Lipinski definition) is 1. The molecule has 0 aliphatic rings. The van der Waals surface area contributed by atoms with Gasteiger partial charge in [0.05, 0.1) is 11.6 Å². The highest BCUT2D eigenvalue weighted by Gasteiger charge is 2.13. The molecular formula is C9H8N2O3. The van der Waals surface area contributed by atoms with Gasteiger partial charge in [0.15, 0.2) is 0 Å². The fourth-order valence-corrected chi connectivity index (χ4v) is 0.953. The maximum Gasteiger partial charge on any atom is 0.233 e. The summed E-state index contributed by atoms with van der Waals surface area (Å²) >= 11 is 0. The van der Waals surface area contributed by atoms with Crippen LogP contribution in [0.3, 0.4) is 0 Å². The van der Waals surface area contributed by atoms with Crippen molar-refractivity contribution >= 4 is 0 Å². The van der Waals surface area contributed by atoms with E-state index >= 15 is 0 Å². The molecule has 0 aliphatic carbocycles. The Hall–Kier alpha value is -1.93. The Morgan fingerprint density at radius 1 is 1.79 bits per heavy atom. The third-order valence-corrected chi connectivity index (χ3v) is 1.56. The van der Waals surface area contributed by atoms with Crippen molar-refractivity contribution < 1.29 is 12.8 Å². The number of nitro groups is 1. The molecule has 0 saturated carbocycles. The lowest BCUT2D eigenvalue weighted by atomic mass is 10.1. The van der Waals surface area contributed by atoms with Gasteiger partial charge in [-0.1, -0.05) is 12.1 Å². The average molecular weight is 194 g/mol. The van der Waals surface area contributed by atoms with Crippen molar-refractivity contribution in [1.29, 1.82) is 5.26 Å². The van der Waals surface area contributed by atoms with E-state index in [0.29, 0.717) is 0 Å². The average Bonchev–Trinajstić information content (AvgIpc) is 2.27. The Labute approximate surface area is 83.2 Å². The van der Waals surface area contributed by atoms with Gasteiger partial charge >= 0.3 is 0 Å². The number of rotatable bonds is 3. The first kappa shape index (κ1) is 7.47. The van der Waals surface area contributed by atoms with Crippen LogP contribution in [0.15, 0.2) is 24.3 Å². The number of nitriles is 1. The van der Waals surface area contributed by atoms with Gasteiger partial charge in [0.25, 0.3) is 0 Å². The van der Waals surface area contributed by atoms with Crippen molar-refractivity contribution in [1.82, 2.24) is 0 Å². The molecule has 5 heteroatoms. The molecule has 0 spiro atoms. The highest BCUT2D eigenvalue weighted by Crippen LogP contribution is 2.14. The number of nitrogens with zero attached hydrogens (tertiary/aromatic N) is 2. The van der Waals surface area contributed by atoms with Gasteiger partial charge in [0.1, 0.15) is 8.85 Å². The maximum atomic E-state index is 10.4. The topological polar surface area (TPSA) is 87.2 Å². The molecule has 1 aromatic carbocycles. The molecule has 0 aliphatic heterocycles. The van der Waals surface area contributed by atoms with Crippen LogP contribution in [0, 0.1) is 21.4 Å². The summed E-state index contributed by atoms with van der Waals surface area (Å²) in [7, 11) is 0. The zero-order valence-electron chi connectivity index (χ0n) is 9.04. The van der Waals surface area contributed by atoms with Crippen LogP contribution >= 0.6 is 0 Å². The predicted molar refractivity (Wildman–Crippen MR) is 48.0 cm³/mol. The molecule has 1 rings (SSSR count). The maximum absolute atomic E-state index is 10.4. The fraction of sp³-hybridized carbons (Fsp3) is 0.222. The quantitative estimate of drug-likeness (QED) is 0.571. The number of aliphatic hydroxyl groups is 1. The van der Waals surface area contributed by atoms with Crippen LogP contribution in [0.4, 0.5) is 0 Å². The molecule has 0 bridgehead atoms. The third kappa shape index (κ3) is 2.54. The molecule has 14 heavy (non-hydrogen) atoms. The Morgan fingerprint density at radius 2 is 2.50 bits per heavy atom. The SMILES string of the molecule is [2H]C([2H])(C(O)c1cccc(C#N)c1)[N+](=O)[O-]. The summed E-state index contributed by atoms with van der Waals surface area (Å²) in [6, 6.07) is 7.22. The van der Waals surface area contributed by atoms with Gasteiger partial charge in [-0.25, -0.2) is 0 Å². The summed E-state index contributed by atoms with van der Waals surface area (Å²) < 4.78 is 14.2. The van der Waals surface area contributed by atoms with E-state index in [1.807, 2.05) is 0 Å². The Bertz CT molecular complexity index is 456. The first-order valence-corrected chi connectivity index (χ1v) is 3.72. The van der Waals surface area contributed by atoms with Crippen LogP contribution < -0.4 is 0 Å². The molecule has 0 aromatic heterocycles. The molecule has 0 radical (unpaired) electrons. The smallest absolute Gasteiger partial charge is 0.233 e. The lowest BCUT2D eigenvalue weighted by Crippen LogP contribution is -2.11. The summed E-state index contributed by atoms with van der Waals surface area (Å²) in [4.78, 5) is 9.20. The minimum Gasteiger partial charge on any atom is -0.382 e. The molecule has 1 atom stereocenters. The minimum atomic E-state index is -2.98. The van der Waals surface area contributed by atoms with E-state index in [0.717, 1.165) is 0 Å². The normalized spacial score (nSPS) is 14.9. The van der Waals surface area contributed by atoms with Gasteiger partial charge in [-0.15, -0.1) is 0 Å². The van der Waals surface area contributed by atoms with E-state index in [-0.39, 0.29) is 11.1 Å². The van der Waals surface area contributed by atoms with E-state index in [4.69, 9.17) is 8.00 Å². The van der Waals surface area contributed by atoms with Crippen LogP contribution in [0.5, 0.6) is 0 Å². The summed E-state index contributed by atoms with van der Waals surface area (Å²) in [6.07, 6.45) is -1.91. The second-order valence-corrected chi connectivity index (χ2v) is 2.53. The van der Waals surface area contributed by atoms with E-state index in [1.165, 1.54) is 24.3 Å². The second kappa shape index (κ2) is 4.35. The standard InChI is InChI=1S/C9H8N2O3/c10-5-7-2-1-3-8(4-7)9(12)6-11(13)14/h1-4,9,12H,6H2/i6D2. The number of aliphatic hydroxyl groups excluding tert-OH is 1. The number of hydrogen-bond acceptors (Lipinski definition) is 4. The van der Waals surface area contributed by atoms with Crippen molar-refractivity contribution in [2.24, 2.45) is 0 Å². The second-order valence-electron chi connectivity index (χ2n) is 2.53. The van der Waals surface area contributed by atoms with Gasteiger partial charge in [0, 0.05) is 4.92 Å². The van der Waals surface area contributed by atoms with E-state index < -0.39 is 17.5 Å². The summed E-state index contributed by atoms with van der Waals surface area (Å²) in [5, 5.41) is 28.5. The summed E-state index contributed by atoms with van der Waals surface area (Å²) in [6.45, 7) is -2.98. The monoisotopic (exact) mass is 194 g/mol. The van der Waals surface area contributed by atoms with Gasteiger partial charge < -0.3 is 5.11 Å². The van der Waals surface area contributed by atoms with Crippen molar-refractivity contribution in [3.8, 4) is 6.07 Å². The molecule has 0 amide bonds. The molecule has 5 nitrogen and oxygen atoms in total. The largest absolute Gasteiger partial charge is 0.382 e. The minimum absolute atomic E-state index is 0.000694. The summed E-state index contributed by atoms with van der Waals surface area (Å²) in [5.41, 5.74) is 0.205. The van der Waals surface area contributed by atoms with Crippen LogP contribution in [0.2, 0.25) is 0 Å². The zero-order chi connectivity index (χ0) is 12.3. The van der Waals surface area contributed by atoms with Crippen molar-refractivity contribution in [3.05, 3.63) is 45.5 Å². The first-order valence-electron chi connectivity index (χ1n) is 4.72. The van der Waals surface area contributed by atoms with Crippen molar-refractivity contribution in [2.45, 2.75) is 6.10 Å². The van der Waals surface area contributed by atoms with Crippen LogP contribution in [0.25, 0.3) is 0 Å².